The van der Waals surface area contributed by atoms with E-state index in [1.807, 2.05) is 19.9 Å². The highest BCUT2D eigenvalue weighted by Gasteiger charge is 2.46. The van der Waals surface area contributed by atoms with Gasteiger partial charge in [0.05, 0.1) is 18.3 Å². The molecule has 0 saturated heterocycles. The number of rotatable bonds is 3. The molecular weight excluding hydrogens is 268 g/mol. The molecule has 0 spiro atoms. The molecule has 112 valence electrons. The third-order valence-corrected chi connectivity index (χ3v) is 4.84. The van der Waals surface area contributed by atoms with Crippen molar-refractivity contribution in [1.29, 1.82) is 5.26 Å². The van der Waals surface area contributed by atoms with E-state index in [9.17, 15) is 9.90 Å². The zero-order valence-electron chi connectivity index (χ0n) is 12.5. The fourth-order valence-corrected chi connectivity index (χ4v) is 3.09. The van der Waals surface area contributed by atoms with E-state index in [2.05, 4.69) is 22.2 Å². The smallest absolute Gasteiger partial charge is 0.307 e. The van der Waals surface area contributed by atoms with Crippen LogP contribution in [-0.4, -0.2) is 27.1 Å². The molecule has 1 aliphatic carbocycles. The number of hydrogen-bond acceptors (Lipinski definition) is 5. The lowest BCUT2D eigenvalue weighted by atomic mass is 9.61. The fourth-order valence-electron chi connectivity index (χ4n) is 3.09. The summed E-state index contributed by atoms with van der Waals surface area (Å²) < 4.78 is 0. The minimum atomic E-state index is -0.719. The van der Waals surface area contributed by atoms with Gasteiger partial charge >= 0.3 is 5.97 Å². The largest absolute Gasteiger partial charge is 0.481 e. The molecule has 1 aromatic heterocycles. The van der Waals surface area contributed by atoms with Crippen molar-refractivity contribution in [3.8, 4) is 6.07 Å². The van der Waals surface area contributed by atoms with Gasteiger partial charge in [-0.25, -0.2) is 9.97 Å². The number of anilines is 1. The highest BCUT2D eigenvalue weighted by Crippen LogP contribution is 2.45. The van der Waals surface area contributed by atoms with Crippen LogP contribution < -0.4 is 5.32 Å². The van der Waals surface area contributed by atoms with Crippen molar-refractivity contribution < 1.29 is 9.90 Å². The van der Waals surface area contributed by atoms with Crippen LogP contribution in [-0.2, 0) is 4.79 Å². The second kappa shape index (κ2) is 5.68. The normalized spacial score (nSPS) is 27.6. The van der Waals surface area contributed by atoms with Gasteiger partial charge in [-0.3, -0.25) is 4.79 Å². The number of aliphatic carboxylic acids is 1. The van der Waals surface area contributed by atoms with Crippen molar-refractivity contribution in [2.75, 3.05) is 5.32 Å². The second-order valence-corrected chi connectivity index (χ2v) is 6.23. The lowest BCUT2D eigenvalue weighted by molar-refractivity contribution is -0.149. The van der Waals surface area contributed by atoms with E-state index in [1.165, 1.54) is 6.20 Å². The van der Waals surface area contributed by atoms with Crippen molar-refractivity contribution >= 4 is 11.8 Å². The minimum absolute atomic E-state index is 0.151. The Bertz CT molecular complexity index is 562. The second-order valence-electron chi connectivity index (χ2n) is 6.23. The van der Waals surface area contributed by atoms with Crippen LogP contribution in [0.2, 0.25) is 0 Å². The molecule has 6 nitrogen and oxygen atoms in total. The topological polar surface area (TPSA) is 98.9 Å². The number of aromatic nitrogens is 2. The Kier molecular flexibility index (Phi) is 4.12. The molecule has 0 amide bonds. The Hall–Kier alpha value is -2.16. The van der Waals surface area contributed by atoms with Crippen LogP contribution >= 0.6 is 0 Å². The number of carboxylic acid groups (broad SMARTS) is 1. The molecule has 2 rings (SSSR count). The third kappa shape index (κ3) is 2.97. The summed E-state index contributed by atoms with van der Waals surface area (Å²) in [4.78, 5) is 19.5. The third-order valence-electron chi connectivity index (χ3n) is 4.84. The van der Waals surface area contributed by atoms with E-state index in [0.29, 0.717) is 12.2 Å². The summed E-state index contributed by atoms with van der Waals surface area (Å²) in [6, 6.07) is 2.08. The van der Waals surface area contributed by atoms with E-state index >= 15 is 0 Å². The van der Waals surface area contributed by atoms with Crippen LogP contribution in [0.25, 0.3) is 0 Å². The molecule has 1 saturated carbocycles. The highest BCUT2D eigenvalue weighted by atomic mass is 16.4. The van der Waals surface area contributed by atoms with Crippen LogP contribution in [0.1, 0.15) is 39.3 Å². The average Bonchev–Trinajstić information content (AvgIpc) is 2.44. The Morgan fingerprint density at radius 3 is 2.67 bits per heavy atom. The van der Waals surface area contributed by atoms with Gasteiger partial charge in [-0.05, 0) is 24.2 Å². The summed E-state index contributed by atoms with van der Waals surface area (Å²) in [5.74, 6) is -0.235. The number of carbonyl (C=O) groups is 1. The molecule has 0 bridgehead atoms. The zero-order valence-corrected chi connectivity index (χ0v) is 12.5. The Balaban J connectivity index is 2.11. The van der Waals surface area contributed by atoms with Gasteiger partial charge in [0.15, 0.2) is 5.69 Å². The first-order valence-electron chi connectivity index (χ1n) is 7.07. The Morgan fingerprint density at radius 2 is 2.14 bits per heavy atom. The predicted octanol–water partition coefficient (Wildman–Crippen LogP) is 2.29. The SMILES string of the molecule is CC1C(Nc2cnc(C#N)cn2)CCC(C(=O)O)C1(C)C. The summed E-state index contributed by atoms with van der Waals surface area (Å²) in [6.45, 7) is 6.09. The summed E-state index contributed by atoms with van der Waals surface area (Å²) in [5.41, 5.74) is -0.00888. The summed E-state index contributed by atoms with van der Waals surface area (Å²) in [5, 5.41) is 21.4. The number of nitriles is 1. The van der Waals surface area contributed by atoms with E-state index in [-0.39, 0.29) is 29.0 Å². The maximum atomic E-state index is 11.4. The van der Waals surface area contributed by atoms with Crippen LogP contribution in [0.5, 0.6) is 0 Å². The molecule has 1 aliphatic rings. The van der Waals surface area contributed by atoms with Gasteiger partial charge in [-0.1, -0.05) is 20.8 Å². The molecule has 0 aromatic carbocycles. The summed E-state index contributed by atoms with van der Waals surface area (Å²) >= 11 is 0. The van der Waals surface area contributed by atoms with Crippen LogP contribution in [0, 0.1) is 28.6 Å². The van der Waals surface area contributed by atoms with E-state index < -0.39 is 5.97 Å². The zero-order chi connectivity index (χ0) is 15.6. The van der Waals surface area contributed by atoms with Crippen LogP contribution in [0.4, 0.5) is 5.82 Å². The van der Waals surface area contributed by atoms with E-state index in [4.69, 9.17) is 5.26 Å². The highest BCUT2D eigenvalue weighted by molar-refractivity contribution is 5.71. The molecule has 1 heterocycles. The van der Waals surface area contributed by atoms with Crippen molar-refractivity contribution in [3.63, 3.8) is 0 Å². The van der Waals surface area contributed by atoms with Gasteiger partial charge in [0.2, 0.25) is 0 Å². The number of carboxylic acids is 1. The predicted molar refractivity (Wildman–Crippen MR) is 77.5 cm³/mol. The van der Waals surface area contributed by atoms with Gasteiger partial charge in [0, 0.05) is 6.04 Å². The molecule has 3 atom stereocenters. The summed E-state index contributed by atoms with van der Waals surface area (Å²) in [7, 11) is 0. The lowest BCUT2D eigenvalue weighted by Gasteiger charge is -2.46. The number of hydrogen-bond donors (Lipinski definition) is 2. The average molecular weight is 288 g/mol. The lowest BCUT2D eigenvalue weighted by Crippen LogP contribution is -2.48. The minimum Gasteiger partial charge on any atom is -0.481 e. The molecule has 0 aliphatic heterocycles. The van der Waals surface area contributed by atoms with Crippen molar-refractivity contribution in [2.45, 2.75) is 39.7 Å². The molecule has 1 fully saturated rings. The Labute approximate surface area is 124 Å². The van der Waals surface area contributed by atoms with Gasteiger partial charge in [-0.2, -0.15) is 5.26 Å². The Morgan fingerprint density at radius 1 is 1.43 bits per heavy atom. The molecule has 3 unspecified atom stereocenters. The van der Waals surface area contributed by atoms with Crippen LogP contribution in [0.3, 0.4) is 0 Å². The first kappa shape index (κ1) is 15.2. The van der Waals surface area contributed by atoms with Gasteiger partial charge in [0.25, 0.3) is 0 Å². The first-order chi connectivity index (χ1) is 9.86. The maximum absolute atomic E-state index is 11.4. The monoisotopic (exact) mass is 288 g/mol. The number of nitrogens with one attached hydrogen (secondary N) is 1. The van der Waals surface area contributed by atoms with E-state index in [1.54, 1.807) is 6.20 Å². The van der Waals surface area contributed by atoms with Crippen molar-refractivity contribution in [1.82, 2.24) is 9.97 Å². The van der Waals surface area contributed by atoms with Crippen LogP contribution in [0.15, 0.2) is 12.4 Å². The van der Waals surface area contributed by atoms with Crippen molar-refractivity contribution in [3.05, 3.63) is 18.1 Å². The molecular formula is C15H20N4O2. The first-order valence-corrected chi connectivity index (χ1v) is 7.07. The molecule has 21 heavy (non-hydrogen) atoms. The van der Waals surface area contributed by atoms with Gasteiger partial charge < -0.3 is 10.4 Å². The van der Waals surface area contributed by atoms with E-state index in [0.717, 1.165) is 6.42 Å². The quantitative estimate of drug-likeness (QED) is 0.885. The fraction of sp³-hybridized carbons (Fsp3) is 0.600. The molecule has 0 radical (unpaired) electrons. The standard InChI is InChI=1S/C15H20N4O2/c1-9-12(5-4-11(14(20)21)15(9,2)3)19-13-8-17-10(6-16)7-18-13/h7-9,11-12H,4-5H2,1-3H3,(H,18,19)(H,20,21). The van der Waals surface area contributed by atoms with Crippen molar-refractivity contribution in [2.24, 2.45) is 17.3 Å². The molecule has 6 heteroatoms. The maximum Gasteiger partial charge on any atom is 0.307 e. The van der Waals surface area contributed by atoms with Gasteiger partial charge in [0.1, 0.15) is 11.9 Å². The van der Waals surface area contributed by atoms with Gasteiger partial charge in [-0.15, -0.1) is 0 Å². The number of nitrogens with zero attached hydrogens (tertiary/aromatic N) is 3. The molecule has 2 N–H and O–H groups in total. The molecule has 1 aromatic rings. The summed E-state index contributed by atoms with van der Waals surface area (Å²) in [6.07, 6.45) is 4.40.